The van der Waals surface area contributed by atoms with E-state index in [0.29, 0.717) is 31.4 Å². The summed E-state index contributed by atoms with van der Waals surface area (Å²) in [5.41, 5.74) is 0. The molecule has 18 heavy (non-hydrogen) atoms. The van der Waals surface area contributed by atoms with E-state index < -0.39 is 0 Å². The molecule has 1 atom stereocenters. The molecule has 0 aromatic heterocycles. The third-order valence-corrected chi connectivity index (χ3v) is 4.18. The molecule has 0 bridgehead atoms. The van der Waals surface area contributed by atoms with Gasteiger partial charge in [0.1, 0.15) is 0 Å². The fourth-order valence-electron chi connectivity index (χ4n) is 1.86. The Labute approximate surface area is 116 Å². The van der Waals surface area contributed by atoms with Gasteiger partial charge in [-0.15, -0.1) is 23.4 Å². The summed E-state index contributed by atoms with van der Waals surface area (Å²) in [7, 11) is 0. The first kappa shape index (κ1) is 13.7. The van der Waals surface area contributed by atoms with Gasteiger partial charge in [0, 0.05) is 17.3 Å². The fourth-order valence-corrected chi connectivity index (χ4v) is 2.92. The average Bonchev–Trinajstić information content (AvgIpc) is 2.45. The van der Waals surface area contributed by atoms with Crippen molar-refractivity contribution >= 4 is 29.3 Å². The third-order valence-electron chi connectivity index (χ3n) is 2.83. The summed E-state index contributed by atoms with van der Waals surface area (Å²) in [6, 6.07) is 9.96. The van der Waals surface area contributed by atoms with E-state index in [4.69, 9.17) is 16.3 Å². The molecule has 0 N–H and O–H groups in total. The number of morpholine rings is 1. The van der Waals surface area contributed by atoms with Gasteiger partial charge < -0.3 is 9.64 Å². The molecule has 1 saturated heterocycles. The maximum absolute atomic E-state index is 12.1. The zero-order valence-electron chi connectivity index (χ0n) is 10.0. The van der Waals surface area contributed by atoms with Crippen LogP contribution in [0, 0.1) is 0 Å². The van der Waals surface area contributed by atoms with E-state index in [1.54, 1.807) is 11.8 Å². The van der Waals surface area contributed by atoms with Gasteiger partial charge in [0.15, 0.2) is 0 Å². The first-order valence-electron chi connectivity index (χ1n) is 5.92. The van der Waals surface area contributed by atoms with Crippen LogP contribution in [0.15, 0.2) is 35.2 Å². The second kappa shape index (κ2) is 7.02. The molecule has 3 nitrogen and oxygen atoms in total. The Morgan fingerprint density at radius 3 is 2.94 bits per heavy atom. The highest BCUT2D eigenvalue weighted by atomic mass is 35.5. The molecule has 1 aliphatic rings. The number of hydrogen-bond donors (Lipinski definition) is 0. The molecule has 0 aliphatic carbocycles. The molecule has 1 aliphatic heterocycles. The zero-order valence-corrected chi connectivity index (χ0v) is 11.6. The highest BCUT2D eigenvalue weighted by Gasteiger charge is 2.26. The summed E-state index contributed by atoms with van der Waals surface area (Å²) >= 11 is 7.42. The Bertz CT molecular complexity index is 388. The second-order valence-electron chi connectivity index (χ2n) is 4.07. The van der Waals surface area contributed by atoms with Crippen molar-refractivity contribution in [3.63, 3.8) is 0 Å². The lowest BCUT2D eigenvalue weighted by Crippen LogP contribution is -2.50. The zero-order chi connectivity index (χ0) is 12.8. The minimum absolute atomic E-state index is 0.0179. The van der Waals surface area contributed by atoms with Crippen LogP contribution in [0.5, 0.6) is 0 Å². The van der Waals surface area contributed by atoms with Crippen LogP contribution in [-0.4, -0.2) is 48.2 Å². The fraction of sp³-hybridized carbons (Fsp3) is 0.462. The molecule has 0 spiro atoms. The summed E-state index contributed by atoms with van der Waals surface area (Å²) in [6.45, 7) is 1.80. The first-order chi connectivity index (χ1) is 8.81. The lowest BCUT2D eigenvalue weighted by Gasteiger charge is -2.34. The predicted molar refractivity (Wildman–Crippen MR) is 74.2 cm³/mol. The number of carbonyl (C=O) groups excluding carboxylic acids is 1. The monoisotopic (exact) mass is 285 g/mol. The van der Waals surface area contributed by atoms with Crippen LogP contribution in [0.2, 0.25) is 0 Å². The molecule has 1 fully saturated rings. The van der Waals surface area contributed by atoms with Gasteiger partial charge in [-0.3, -0.25) is 4.79 Å². The predicted octanol–water partition coefficient (Wildman–Crippen LogP) is 2.24. The lowest BCUT2D eigenvalue weighted by molar-refractivity contribution is -0.135. The summed E-state index contributed by atoms with van der Waals surface area (Å²) in [5, 5.41) is 0. The molecule has 1 aromatic carbocycles. The molecule has 1 aromatic rings. The largest absolute Gasteiger partial charge is 0.377 e. The summed E-state index contributed by atoms with van der Waals surface area (Å²) in [5.74, 6) is 1.02. The number of amides is 1. The number of alkyl halides is 1. The van der Waals surface area contributed by atoms with Crippen LogP contribution in [0.1, 0.15) is 0 Å². The smallest absolute Gasteiger partial charge is 0.233 e. The van der Waals surface area contributed by atoms with Crippen molar-refractivity contribution in [3.05, 3.63) is 30.3 Å². The van der Waals surface area contributed by atoms with Gasteiger partial charge in [0.25, 0.3) is 0 Å². The molecular weight excluding hydrogens is 270 g/mol. The van der Waals surface area contributed by atoms with Gasteiger partial charge in [0.05, 0.1) is 25.0 Å². The number of ether oxygens (including phenoxy) is 1. The quantitative estimate of drug-likeness (QED) is 0.628. The van der Waals surface area contributed by atoms with Crippen molar-refractivity contribution in [1.29, 1.82) is 0 Å². The topological polar surface area (TPSA) is 29.5 Å². The Balaban J connectivity index is 1.87. The van der Waals surface area contributed by atoms with Gasteiger partial charge in [-0.25, -0.2) is 0 Å². The number of rotatable bonds is 4. The molecular formula is C13H16ClNO2S. The van der Waals surface area contributed by atoms with Crippen molar-refractivity contribution in [2.45, 2.75) is 10.9 Å². The molecule has 98 valence electrons. The van der Waals surface area contributed by atoms with E-state index in [-0.39, 0.29) is 11.9 Å². The molecule has 1 heterocycles. The minimum atomic E-state index is 0.0179. The first-order valence-corrected chi connectivity index (χ1v) is 7.44. The molecule has 0 saturated carbocycles. The van der Waals surface area contributed by atoms with Crippen molar-refractivity contribution in [1.82, 2.24) is 4.90 Å². The lowest BCUT2D eigenvalue weighted by atomic mass is 10.2. The third kappa shape index (κ3) is 3.64. The average molecular weight is 286 g/mol. The number of halogens is 1. The Morgan fingerprint density at radius 2 is 2.22 bits per heavy atom. The van der Waals surface area contributed by atoms with Gasteiger partial charge in [-0.2, -0.15) is 0 Å². The van der Waals surface area contributed by atoms with E-state index in [2.05, 4.69) is 0 Å². The van der Waals surface area contributed by atoms with E-state index in [1.165, 1.54) is 0 Å². The van der Waals surface area contributed by atoms with E-state index in [9.17, 15) is 4.79 Å². The molecule has 0 radical (unpaired) electrons. The molecule has 2 rings (SSSR count). The number of nitrogens with zero attached hydrogens (tertiary/aromatic N) is 1. The van der Waals surface area contributed by atoms with Crippen LogP contribution in [0.3, 0.4) is 0 Å². The second-order valence-corrected chi connectivity index (χ2v) is 5.43. The SMILES string of the molecule is O=C(CSc1ccccc1)N1CCOCC1CCl. The van der Waals surface area contributed by atoms with Crippen molar-refractivity contribution in [2.75, 3.05) is 31.4 Å². The van der Waals surface area contributed by atoms with Gasteiger partial charge >= 0.3 is 0 Å². The maximum Gasteiger partial charge on any atom is 0.233 e. The van der Waals surface area contributed by atoms with Crippen LogP contribution < -0.4 is 0 Å². The maximum atomic E-state index is 12.1. The van der Waals surface area contributed by atoms with E-state index in [1.807, 2.05) is 35.2 Å². The highest BCUT2D eigenvalue weighted by Crippen LogP contribution is 2.19. The summed E-state index contributed by atoms with van der Waals surface area (Å²) in [6.07, 6.45) is 0. The van der Waals surface area contributed by atoms with Crippen LogP contribution >= 0.6 is 23.4 Å². The number of carbonyl (C=O) groups is 1. The number of thioether (sulfide) groups is 1. The number of benzene rings is 1. The van der Waals surface area contributed by atoms with E-state index >= 15 is 0 Å². The van der Waals surface area contributed by atoms with Crippen LogP contribution in [-0.2, 0) is 9.53 Å². The molecule has 5 heteroatoms. The van der Waals surface area contributed by atoms with Crippen molar-refractivity contribution in [2.24, 2.45) is 0 Å². The highest BCUT2D eigenvalue weighted by molar-refractivity contribution is 8.00. The van der Waals surface area contributed by atoms with Crippen molar-refractivity contribution < 1.29 is 9.53 Å². The number of hydrogen-bond acceptors (Lipinski definition) is 3. The molecule has 1 amide bonds. The summed E-state index contributed by atoms with van der Waals surface area (Å²) in [4.78, 5) is 15.1. The van der Waals surface area contributed by atoms with Gasteiger partial charge in [0.2, 0.25) is 5.91 Å². The van der Waals surface area contributed by atoms with Gasteiger partial charge in [-0.05, 0) is 12.1 Å². The van der Waals surface area contributed by atoms with Crippen LogP contribution in [0.25, 0.3) is 0 Å². The van der Waals surface area contributed by atoms with Crippen LogP contribution in [0.4, 0.5) is 0 Å². The van der Waals surface area contributed by atoms with Gasteiger partial charge in [-0.1, -0.05) is 18.2 Å². The minimum Gasteiger partial charge on any atom is -0.377 e. The molecule has 1 unspecified atom stereocenters. The Kier molecular flexibility index (Phi) is 5.35. The normalized spacial score (nSPS) is 19.8. The summed E-state index contributed by atoms with van der Waals surface area (Å²) < 4.78 is 5.33. The Hall–Kier alpha value is -0.710. The van der Waals surface area contributed by atoms with E-state index in [0.717, 1.165) is 4.90 Å². The Morgan fingerprint density at radius 1 is 1.44 bits per heavy atom. The van der Waals surface area contributed by atoms with Crippen molar-refractivity contribution in [3.8, 4) is 0 Å². The standard InChI is InChI=1S/C13H16ClNO2S/c14-8-11-9-17-7-6-15(11)13(16)10-18-12-4-2-1-3-5-12/h1-5,11H,6-10H2.